The Kier molecular flexibility index (Phi) is 3.84. The van der Waals surface area contributed by atoms with Crippen LogP contribution in [0, 0.1) is 0 Å². The van der Waals surface area contributed by atoms with Crippen LogP contribution in [0.2, 0.25) is 0 Å². The van der Waals surface area contributed by atoms with Gasteiger partial charge in [0.2, 0.25) is 11.8 Å². The summed E-state index contributed by atoms with van der Waals surface area (Å²) in [6.07, 6.45) is 5.85. The monoisotopic (exact) mass is 265 g/mol. The van der Waals surface area contributed by atoms with Crippen molar-refractivity contribution >= 4 is 11.8 Å². The van der Waals surface area contributed by atoms with Crippen LogP contribution in [0.3, 0.4) is 0 Å². The fraction of sp³-hybridized carbons (Fsp3) is 0.857. The Bertz CT molecular complexity index is 350. The highest BCUT2D eigenvalue weighted by Gasteiger charge is 2.34. The van der Waals surface area contributed by atoms with Crippen molar-refractivity contribution in [3.63, 3.8) is 0 Å². The van der Waals surface area contributed by atoms with Crippen molar-refractivity contribution in [3.05, 3.63) is 0 Å². The van der Waals surface area contributed by atoms with Crippen LogP contribution < -0.4 is 5.32 Å². The van der Waals surface area contributed by atoms with E-state index in [9.17, 15) is 9.59 Å². The highest BCUT2D eigenvalue weighted by atomic mass is 16.2. The zero-order valence-corrected chi connectivity index (χ0v) is 11.4. The van der Waals surface area contributed by atoms with Gasteiger partial charge < -0.3 is 5.32 Å². The molecule has 0 radical (unpaired) electrons. The molecule has 0 aromatic rings. The van der Waals surface area contributed by atoms with Gasteiger partial charge in [-0.25, -0.2) is 0 Å². The van der Waals surface area contributed by atoms with E-state index in [1.54, 1.807) is 0 Å². The zero-order valence-electron chi connectivity index (χ0n) is 11.4. The van der Waals surface area contributed by atoms with Crippen LogP contribution in [0.25, 0.3) is 0 Å². The van der Waals surface area contributed by atoms with Crippen molar-refractivity contribution in [3.8, 4) is 0 Å². The van der Waals surface area contributed by atoms with Crippen molar-refractivity contribution in [2.45, 2.75) is 50.6 Å². The SMILES string of the molecule is O=C1CCC(=O)N1CCN1CCCC1C1CCCN1. The van der Waals surface area contributed by atoms with E-state index in [0.29, 0.717) is 31.5 Å². The van der Waals surface area contributed by atoms with Crippen LogP contribution in [-0.4, -0.2) is 59.9 Å². The minimum Gasteiger partial charge on any atom is -0.312 e. The van der Waals surface area contributed by atoms with Crippen LogP contribution in [0.5, 0.6) is 0 Å². The van der Waals surface area contributed by atoms with Gasteiger partial charge in [0.05, 0.1) is 0 Å². The van der Waals surface area contributed by atoms with Gasteiger partial charge in [0.1, 0.15) is 0 Å². The molecule has 0 aliphatic carbocycles. The molecule has 3 fully saturated rings. The van der Waals surface area contributed by atoms with Crippen LogP contribution in [-0.2, 0) is 9.59 Å². The smallest absolute Gasteiger partial charge is 0.229 e. The van der Waals surface area contributed by atoms with Gasteiger partial charge in [0.15, 0.2) is 0 Å². The number of imide groups is 1. The van der Waals surface area contributed by atoms with Gasteiger partial charge >= 0.3 is 0 Å². The predicted octanol–water partition coefficient (Wildman–Crippen LogP) is 0.352. The van der Waals surface area contributed by atoms with Crippen molar-refractivity contribution in [2.24, 2.45) is 0 Å². The normalized spacial score (nSPS) is 32.7. The van der Waals surface area contributed by atoms with Gasteiger partial charge in [0.25, 0.3) is 0 Å². The molecule has 106 valence electrons. The van der Waals surface area contributed by atoms with Crippen molar-refractivity contribution in [1.82, 2.24) is 15.1 Å². The van der Waals surface area contributed by atoms with E-state index in [4.69, 9.17) is 0 Å². The third kappa shape index (κ3) is 2.67. The van der Waals surface area contributed by atoms with Crippen LogP contribution in [0.1, 0.15) is 38.5 Å². The predicted molar refractivity (Wildman–Crippen MR) is 71.6 cm³/mol. The number of hydrogen-bond acceptors (Lipinski definition) is 4. The number of carbonyl (C=O) groups is 2. The number of rotatable bonds is 4. The molecule has 0 aromatic heterocycles. The third-order valence-electron chi connectivity index (χ3n) is 4.74. The second-order valence-corrected chi connectivity index (χ2v) is 5.89. The number of amides is 2. The summed E-state index contributed by atoms with van der Waals surface area (Å²) in [5.74, 6) is 0.0273. The summed E-state index contributed by atoms with van der Waals surface area (Å²) in [5, 5.41) is 3.58. The maximum Gasteiger partial charge on any atom is 0.229 e. The summed E-state index contributed by atoms with van der Waals surface area (Å²) in [6, 6.07) is 1.22. The van der Waals surface area contributed by atoms with Crippen LogP contribution in [0.15, 0.2) is 0 Å². The highest BCUT2D eigenvalue weighted by molar-refractivity contribution is 6.01. The molecule has 0 saturated carbocycles. The fourth-order valence-electron chi connectivity index (χ4n) is 3.73. The molecular formula is C14H23N3O2. The Morgan fingerprint density at radius 1 is 1.05 bits per heavy atom. The maximum absolute atomic E-state index is 11.6. The van der Waals surface area contributed by atoms with Crippen molar-refractivity contribution in [2.75, 3.05) is 26.2 Å². The van der Waals surface area contributed by atoms with Gasteiger partial charge in [-0.15, -0.1) is 0 Å². The van der Waals surface area contributed by atoms with Gasteiger partial charge in [-0.05, 0) is 38.8 Å². The first-order valence-electron chi connectivity index (χ1n) is 7.56. The molecule has 0 spiro atoms. The van der Waals surface area contributed by atoms with E-state index in [2.05, 4.69) is 10.2 Å². The van der Waals surface area contributed by atoms with Gasteiger partial charge in [-0.3, -0.25) is 19.4 Å². The van der Waals surface area contributed by atoms with Crippen molar-refractivity contribution in [1.29, 1.82) is 0 Å². The summed E-state index contributed by atoms with van der Waals surface area (Å²) in [5.41, 5.74) is 0. The van der Waals surface area contributed by atoms with Crippen LogP contribution >= 0.6 is 0 Å². The first-order chi connectivity index (χ1) is 9.25. The Morgan fingerprint density at radius 2 is 1.84 bits per heavy atom. The minimum atomic E-state index is 0.0136. The molecule has 3 aliphatic heterocycles. The molecule has 3 saturated heterocycles. The Morgan fingerprint density at radius 3 is 2.53 bits per heavy atom. The minimum absolute atomic E-state index is 0.0136. The number of carbonyl (C=O) groups excluding carboxylic acids is 2. The van der Waals surface area contributed by atoms with Gasteiger partial charge in [-0.2, -0.15) is 0 Å². The number of hydrogen-bond donors (Lipinski definition) is 1. The molecule has 2 unspecified atom stereocenters. The molecule has 0 aromatic carbocycles. The number of nitrogens with zero attached hydrogens (tertiary/aromatic N) is 2. The quantitative estimate of drug-likeness (QED) is 0.745. The summed E-state index contributed by atoms with van der Waals surface area (Å²) < 4.78 is 0. The molecule has 1 N–H and O–H groups in total. The average Bonchev–Trinajstić information content (AvgIpc) is 3.09. The Hall–Kier alpha value is -0.940. The lowest BCUT2D eigenvalue weighted by atomic mass is 10.0. The van der Waals surface area contributed by atoms with E-state index in [-0.39, 0.29) is 11.8 Å². The van der Waals surface area contributed by atoms with E-state index >= 15 is 0 Å². The highest BCUT2D eigenvalue weighted by Crippen LogP contribution is 2.24. The lowest BCUT2D eigenvalue weighted by molar-refractivity contribution is -0.138. The molecule has 19 heavy (non-hydrogen) atoms. The fourth-order valence-corrected chi connectivity index (χ4v) is 3.73. The third-order valence-corrected chi connectivity index (χ3v) is 4.74. The summed E-state index contributed by atoms with van der Waals surface area (Å²) in [7, 11) is 0. The Labute approximate surface area is 114 Å². The molecule has 3 aliphatic rings. The summed E-state index contributed by atoms with van der Waals surface area (Å²) >= 11 is 0. The molecule has 5 nitrogen and oxygen atoms in total. The molecule has 2 amide bonds. The maximum atomic E-state index is 11.6. The van der Waals surface area contributed by atoms with Crippen LogP contribution in [0.4, 0.5) is 0 Å². The van der Waals surface area contributed by atoms with E-state index in [1.165, 1.54) is 30.6 Å². The molecule has 3 heterocycles. The second kappa shape index (κ2) is 5.59. The zero-order chi connectivity index (χ0) is 13.2. The molecule has 0 bridgehead atoms. The summed E-state index contributed by atoms with van der Waals surface area (Å²) in [4.78, 5) is 27.1. The number of likely N-dealkylation sites (tertiary alicyclic amines) is 2. The standard InChI is InChI=1S/C14H23N3O2/c18-13-5-6-14(19)17(13)10-9-16-8-2-4-12(16)11-3-1-7-15-11/h11-12,15H,1-10H2. The lowest BCUT2D eigenvalue weighted by Gasteiger charge is -2.30. The topological polar surface area (TPSA) is 52.7 Å². The molecule has 5 heteroatoms. The molecular weight excluding hydrogens is 242 g/mol. The van der Waals surface area contributed by atoms with E-state index < -0.39 is 0 Å². The molecule has 2 atom stereocenters. The van der Waals surface area contributed by atoms with E-state index in [0.717, 1.165) is 19.6 Å². The van der Waals surface area contributed by atoms with Crippen molar-refractivity contribution < 1.29 is 9.59 Å². The largest absolute Gasteiger partial charge is 0.312 e. The molecule has 3 rings (SSSR count). The van der Waals surface area contributed by atoms with E-state index in [1.807, 2.05) is 0 Å². The summed E-state index contributed by atoms with van der Waals surface area (Å²) in [6.45, 7) is 3.68. The van der Waals surface area contributed by atoms with Gasteiger partial charge in [0, 0.05) is 38.0 Å². The Balaban J connectivity index is 1.53. The number of nitrogens with one attached hydrogen (secondary N) is 1. The first-order valence-corrected chi connectivity index (χ1v) is 7.56. The second-order valence-electron chi connectivity index (χ2n) is 5.89. The van der Waals surface area contributed by atoms with Gasteiger partial charge in [-0.1, -0.05) is 0 Å². The first kappa shape index (κ1) is 13.1. The lowest BCUT2D eigenvalue weighted by Crippen LogP contribution is -2.47. The average molecular weight is 265 g/mol.